The molecule has 3 aromatic rings. The van der Waals surface area contributed by atoms with Crippen molar-refractivity contribution < 1.29 is 14.0 Å². The van der Waals surface area contributed by atoms with Gasteiger partial charge in [0.15, 0.2) is 5.76 Å². The van der Waals surface area contributed by atoms with Crippen LogP contribution in [0.1, 0.15) is 16.1 Å². The standard InChI is InChI=1S/C19H16Cl2N2O3/c1-11-12-6-3-4-9-15(12)26-18(11)19(25)23(2)10-16(24)22-17-13(20)7-5-8-14(17)21/h3-9H,10H2,1-2H3,(H,22,24). The Morgan fingerprint density at radius 2 is 1.73 bits per heavy atom. The molecular formula is C19H16Cl2N2O3. The van der Waals surface area contributed by atoms with E-state index in [4.69, 9.17) is 27.6 Å². The molecule has 0 unspecified atom stereocenters. The zero-order valence-electron chi connectivity index (χ0n) is 14.2. The second kappa shape index (κ2) is 7.40. The number of furan rings is 1. The number of likely N-dealkylation sites (N-methyl/N-ethyl adjacent to an activating group) is 1. The molecule has 134 valence electrons. The Labute approximate surface area is 160 Å². The Bertz CT molecular complexity index is 977. The van der Waals surface area contributed by atoms with Gasteiger partial charge in [0.25, 0.3) is 5.91 Å². The lowest BCUT2D eigenvalue weighted by atomic mass is 10.1. The number of hydrogen-bond donors (Lipinski definition) is 1. The van der Waals surface area contributed by atoms with Gasteiger partial charge >= 0.3 is 0 Å². The maximum atomic E-state index is 12.7. The molecule has 26 heavy (non-hydrogen) atoms. The van der Waals surface area contributed by atoms with E-state index in [0.29, 0.717) is 21.3 Å². The van der Waals surface area contributed by atoms with E-state index in [1.54, 1.807) is 24.3 Å². The number of nitrogens with one attached hydrogen (secondary N) is 1. The maximum Gasteiger partial charge on any atom is 0.290 e. The van der Waals surface area contributed by atoms with Crippen molar-refractivity contribution in [2.24, 2.45) is 0 Å². The lowest BCUT2D eigenvalue weighted by Crippen LogP contribution is -2.35. The third-order valence-corrected chi connectivity index (χ3v) is 4.62. The van der Waals surface area contributed by atoms with E-state index >= 15 is 0 Å². The predicted octanol–water partition coefficient (Wildman–Crippen LogP) is 4.76. The fraction of sp³-hybridized carbons (Fsp3) is 0.158. The van der Waals surface area contributed by atoms with Crippen LogP contribution < -0.4 is 5.32 Å². The van der Waals surface area contributed by atoms with Crippen LogP contribution in [0.3, 0.4) is 0 Å². The quantitative estimate of drug-likeness (QED) is 0.698. The average molecular weight is 391 g/mol. The molecule has 0 saturated carbocycles. The number of hydrogen-bond acceptors (Lipinski definition) is 3. The zero-order chi connectivity index (χ0) is 18.8. The van der Waals surface area contributed by atoms with Crippen LogP contribution in [0.15, 0.2) is 46.9 Å². The van der Waals surface area contributed by atoms with Gasteiger partial charge in [0, 0.05) is 18.0 Å². The molecule has 0 spiro atoms. The van der Waals surface area contributed by atoms with Crippen molar-refractivity contribution in [2.45, 2.75) is 6.92 Å². The Balaban J connectivity index is 1.74. The highest BCUT2D eigenvalue weighted by Gasteiger charge is 2.22. The first kappa shape index (κ1) is 18.3. The number of carbonyl (C=O) groups is 2. The normalized spacial score (nSPS) is 10.8. The molecule has 0 fully saturated rings. The SMILES string of the molecule is Cc1c(C(=O)N(C)CC(=O)Nc2c(Cl)cccc2Cl)oc2ccccc12. The molecule has 0 saturated heterocycles. The van der Waals surface area contributed by atoms with Gasteiger partial charge in [-0.3, -0.25) is 9.59 Å². The van der Waals surface area contributed by atoms with Crippen molar-refractivity contribution in [3.63, 3.8) is 0 Å². The van der Waals surface area contributed by atoms with E-state index < -0.39 is 5.91 Å². The van der Waals surface area contributed by atoms with Crippen molar-refractivity contribution in [2.75, 3.05) is 18.9 Å². The topological polar surface area (TPSA) is 62.6 Å². The predicted molar refractivity (Wildman–Crippen MR) is 103 cm³/mol. The summed E-state index contributed by atoms with van der Waals surface area (Å²) in [5, 5.41) is 4.16. The number of nitrogens with zero attached hydrogens (tertiary/aromatic N) is 1. The molecule has 7 heteroatoms. The summed E-state index contributed by atoms with van der Waals surface area (Å²) >= 11 is 12.1. The van der Waals surface area contributed by atoms with E-state index in [1.165, 1.54) is 11.9 Å². The molecule has 0 aliphatic carbocycles. The second-order valence-corrected chi connectivity index (χ2v) is 6.67. The Kier molecular flexibility index (Phi) is 5.20. The maximum absolute atomic E-state index is 12.7. The van der Waals surface area contributed by atoms with E-state index in [0.717, 1.165) is 10.9 Å². The van der Waals surface area contributed by atoms with Crippen LogP contribution >= 0.6 is 23.2 Å². The number of amides is 2. The molecule has 1 N–H and O–H groups in total. The smallest absolute Gasteiger partial charge is 0.290 e. The van der Waals surface area contributed by atoms with Crippen LogP contribution in [0.2, 0.25) is 10.0 Å². The number of carbonyl (C=O) groups excluding carboxylic acids is 2. The highest BCUT2D eigenvalue weighted by Crippen LogP contribution is 2.30. The van der Waals surface area contributed by atoms with Gasteiger partial charge in [0.1, 0.15) is 5.58 Å². The lowest BCUT2D eigenvalue weighted by Gasteiger charge is -2.16. The highest BCUT2D eigenvalue weighted by molar-refractivity contribution is 6.39. The minimum absolute atomic E-state index is 0.170. The molecule has 0 atom stereocenters. The second-order valence-electron chi connectivity index (χ2n) is 5.86. The number of para-hydroxylation sites is 2. The van der Waals surface area contributed by atoms with Crippen LogP contribution in [-0.4, -0.2) is 30.3 Å². The monoisotopic (exact) mass is 390 g/mol. The minimum atomic E-state index is -0.412. The Morgan fingerprint density at radius 1 is 1.08 bits per heavy atom. The number of halogens is 2. The van der Waals surface area contributed by atoms with Gasteiger partial charge in [-0.15, -0.1) is 0 Å². The third-order valence-electron chi connectivity index (χ3n) is 3.99. The van der Waals surface area contributed by atoms with Crippen molar-refractivity contribution in [3.05, 3.63) is 63.8 Å². The van der Waals surface area contributed by atoms with Crippen molar-refractivity contribution in [1.29, 1.82) is 0 Å². The van der Waals surface area contributed by atoms with E-state index in [2.05, 4.69) is 5.32 Å². The molecule has 2 amide bonds. The highest BCUT2D eigenvalue weighted by atomic mass is 35.5. The summed E-state index contributed by atoms with van der Waals surface area (Å²) in [5.74, 6) is -0.569. The van der Waals surface area contributed by atoms with Gasteiger partial charge in [-0.1, -0.05) is 47.5 Å². The molecule has 1 aromatic heterocycles. The van der Waals surface area contributed by atoms with Crippen molar-refractivity contribution in [1.82, 2.24) is 4.90 Å². The summed E-state index contributed by atoms with van der Waals surface area (Å²) in [6.07, 6.45) is 0. The number of aryl methyl sites for hydroxylation is 1. The molecule has 2 aromatic carbocycles. The first-order valence-electron chi connectivity index (χ1n) is 7.86. The van der Waals surface area contributed by atoms with Crippen LogP contribution in [0.25, 0.3) is 11.0 Å². The molecule has 0 aliphatic heterocycles. The molecular weight excluding hydrogens is 375 g/mol. The molecule has 0 radical (unpaired) electrons. The molecule has 0 aliphatic rings. The van der Waals surface area contributed by atoms with Crippen molar-refractivity contribution in [3.8, 4) is 0 Å². The molecule has 3 rings (SSSR count). The summed E-state index contributed by atoms with van der Waals surface area (Å²) in [7, 11) is 1.53. The van der Waals surface area contributed by atoms with Gasteiger partial charge in [0.2, 0.25) is 5.91 Å². The fourth-order valence-electron chi connectivity index (χ4n) is 2.64. The molecule has 0 bridgehead atoms. The largest absolute Gasteiger partial charge is 0.451 e. The average Bonchev–Trinajstić information content (AvgIpc) is 2.95. The van der Waals surface area contributed by atoms with E-state index in [-0.39, 0.29) is 18.2 Å². The molecule has 5 nitrogen and oxygen atoms in total. The third kappa shape index (κ3) is 3.54. The van der Waals surface area contributed by atoms with Gasteiger partial charge in [-0.25, -0.2) is 0 Å². The van der Waals surface area contributed by atoms with Gasteiger partial charge in [-0.2, -0.15) is 0 Å². The van der Waals surface area contributed by atoms with Crippen LogP contribution in [0.5, 0.6) is 0 Å². The Hall–Kier alpha value is -2.50. The summed E-state index contributed by atoms with van der Waals surface area (Å²) in [5.41, 5.74) is 1.70. The zero-order valence-corrected chi connectivity index (χ0v) is 15.7. The summed E-state index contributed by atoms with van der Waals surface area (Å²) in [4.78, 5) is 26.2. The van der Waals surface area contributed by atoms with Crippen LogP contribution in [-0.2, 0) is 4.79 Å². The lowest BCUT2D eigenvalue weighted by molar-refractivity contribution is -0.116. The van der Waals surface area contributed by atoms with Crippen LogP contribution in [0.4, 0.5) is 5.69 Å². The minimum Gasteiger partial charge on any atom is -0.451 e. The number of rotatable bonds is 4. The number of benzene rings is 2. The first-order valence-corrected chi connectivity index (χ1v) is 8.61. The first-order chi connectivity index (χ1) is 12.4. The Morgan fingerprint density at radius 3 is 2.38 bits per heavy atom. The van der Waals surface area contributed by atoms with E-state index in [9.17, 15) is 9.59 Å². The van der Waals surface area contributed by atoms with Gasteiger partial charge in [-0.05, 0) is 25.1 Å². The van der Waals surface area contributed by atoms with E-state index in [1.807, 2.05) is 25.1 Å². The van der Waals surface area contributed by atoms with Gasteiger partial charge in [0.05, 0.1) is 22.3 Å². The summed E-state index contributed by atoms with van der Waals surface area (Å²) in [6.45, 7) is 1.65. The summed E-state index contributed by atoms with van der Waals surface area (Å²) in [6, 6.07) is 12.3. The van der Waals surface area contributed by atoms with Gasteiger partial charge < -0.3 is 14.6 Å². The number of fused-ring (bicyclic) bond motifs is 1. The number of anilines is 1. The van der Waals surface area contributed by atoms with Crippen LogP contribution in [0, 0.1) is 6.92 Å². The summed E-state index contributed by atoms with van der Waals surface area (Å²) < 4.78 is 5.65. The van der Waals surface area contributed by atoms with Crippen molar-refractivity contribution >= 4 is 51.7 Å². The fourth-order valence-corrected chi connectivity index (χ4v) is 3.13. The molecule has 1 heterocycles.